The number of ether oxygens (including phenoxy) is 5. The number of hydrogen-bond acceptors (Lipinski definition) is 16. The van der Waals surface area contributed by atoms with Gasteiger partial charge < -0.3 is 58.0 Å². The molecule has 1 unspecified atom stereocenters. The van der Waals surface area contributed by atoms with Crippen LogP contribution in [-0.2, 0) is 47.2 Å². The van der Waals surface area contributed by atoms with Gasteiger partial charge in [0.25, 0.3) is 0 Å². The number of sulfone groups is 1. The monoisotopic (exact) mass is 777 g/mol. The zero-order valence-electron chi connectivity index (χ0n) is 26.0. The SMILES string of the molecule is C#CCOCCOCCOCCOCCS(=O)(=O)C1CN(c2nc(Cl)nc3c2cnn3[C@@H]2O[C@H](COP(=O)(O)CP(=O)(O)O)[C@@H](O)[C@H]2O)C1. The highest BCUT2D eigenvalue weighted by Gasteiger charge is 2.46. The molecule has 20 nitrogen and oxygen atoms in total. The van der Waals surface area contributed by atoms with Crippen LogP contribution in [0, 0.1) is 12.3 Å². The number of rotatable bonds is 21. The van der Waals surface area contributed by atoms with Crippen molar-refractivity contribution in [2.45, 2.75) is 29.8 Å². The summed E-state index contributed by atoms with van der Waals surface area (Å²) in [5.41, 5.74) is 0.0738. The van der Waals surface area contributed by atoms with E-state index < -0.39 is 67.3 Å². The molecule has 2 fully saturated rings. The summed E-state index contributed by atoms with van der Waals surface area (Å²) in [7, 11) is -13.2. The van der Waals surface area contributed by atoms with Gasteiger partial charge in [-0.05, 0) is 11.6 Å². The van der Waals surface area contributed by atoms with Crippen LogP contribution in [0.2, 0.25) is 5.28 Å². The molecule has 24 heteroatoms. The Bertz CT molecular complexity index is 1650. The molecule has 49 heavy (non-hydrogen) atoms. The maximum atomic E-state index is 12.9. The van der Waals surface area contributed by atoms with Gasteiger partial charge in [-0.1, -0.05) is 5.92 Å². The molecule has 0 spiro atoms. The number of aliphatic hydroxyl groups is 2. The third-order valence-electron chi connectivity index (χ3n) is 7.26. The third-order valence-corrected chi connectivity index (χ3v) is 12.9. The maximum absolute atomic E-state index is 12.9. The summed E-state index contributed by atoms with van der Waals surface area (Å²) in [6.45, 7) is 1.62. The number of anilines is 1. The molecule has 0 amide bonds. The minimum Gasteiger partial charge on any atom is -0.387 e. The van der Waals surface area contributed by atoms with Crippen molar-refractivity contribution in [3.05, 3.63) is 11.5 Å². The normalized spacial score (nSPS) is 23.1. The third kappa shape index (κ3) is 11.3. The first-order chi connectivity index (χ1) is 23.1. The topological polar surface area (TPSA) is 272 Å². The van der Waals surface area contributed by atoms with Gasteiger partial charge in [-0.15, -0.1) is 6.42 Å². The van der Waals surface area contributed by atoms with Crippen LogP contribution >= 0.6 is 26.8 Å². The number of aliphatic hydroxyl groups excluding tert-OH is 2. The number of aromatic nitrogens is 4. The lowest BCUT2D eigenvalue weighted by Crippen LogP contribution is -2.56. The highest BCUT2D eigenvalue weighted by atomic mass is 35.5. The van der Waals surface area contributed by atoms with Crippen LogP contribution < -0.4 is 4.90 Å². The highest BCUT2D eigenvalue weighted by Crippen LogP contribution is 2.55. The zero-order valence-corrected chi connectivity index (χ0v) is 29.3. The minimum absolute atomic E-state index is 0.0112. The van der Waals surface area contributed by atoms with Crippen molar-refractivity contribution in [3.63, 3.8) is 0 Å². The molecule has 2 aromatic heterocycles. The molecule has 5 N–H and O–H groups in total. The van der Waals surface area contributed by atoms with Crippen LogP contribution in [0.4, 0.5) is 5.82 Å². The number of hydrogen-bond donors (Lipinski definition) is 5. The largest absolute Gasteiger partial charge is 0.387 e. The Hall–Kier alpha value is -1.83. The van der Waals surface area contributed by atoms with Crippen molar-refractivity contribution >= 4 is 53.5 Å². The van der Waals surface area contributed by atoms with Gasteiger partial charge in [-0.25, -0.2) is 13.1 Å². The minimum atomic E-state index is -4.89. The first-order valence-corrected chi connectivity index (χ1v) is 20.4. The van der Waals surface area contributed by atoms with E-state index >= 15 is 0 Å². The lowest BCUT2D eigenvalue weighted by atomic mass is 10.1. The van der Waals surface area contributed by atoms with Crippen molar-refractivity contribution in [3.8, 4) is 12.3 Å². The fourth-order valence-electron chi connectivity index (χ4n) is 4.82. The Morgan fingerprint density at radius 3 is 2.20 bits per heavy atom. The van der Waals surface area contributed by atoms with Crippen LogP contribution in [0.15, 0.2) is 6.20 Å². The average Bonchev–Trinajstić information content (AvgIpc) is 3.52. The van der Waals surface area contributed by atoms with E-state index in [2.05, 4.69) is 21.0 Å². The van der Waals surface area contributed by atoms with Crippen LogP contribution in [0.1, 0.15) is 6.23 Å². The van der Waals surface area contributed by atoms with Gasteiger partial charge in [0.1, 0.15) is 30.7 Å². The summed E-state index contributed by atoms with van der Waals surface area (Å²) in [4.78, 5) is 37.7. The highest BCUT2D eigenvalue weighted by molar-refractivity contribution is 7.92. The van der Waals surface area contributed by atoms with E-state index in [4.69, 9.17) is 56.0 Å². The van der Waals surface area contributed by atoms with E-state index in [1.807, 2.05) is 0 Å². The molecule has 0 aromatic carbocycles. The van der Waals surface area contributed by atoms with Gasteiger partial charge in [0.15, 0.2) is 27.6 Å². The van der Waals surface area contributed by atoms with Crippen molar-refractivity contribution < 1.29 is 70.6 Å². The van der Waals surface area contributed by atoms with Gasteiger partial charge >= 0.3 is 15.2 Å². The van der Waals surface area contributed by atoms with Crippen LogP contribution in [0.5, 0.6) is 0 Å². The van der Waals surface area contributed by atoms with E-state index in [1.165, 1.54) is 6.20 Å². The van der Waals surface area contributed by atoms with E-state index in [-0.39, 0.29) is 62.0 Å². The van der Waals surface area contributed by atoms with Gasteiger partial charge in [0.2, 0.25) is 5.28 Å². The quantitative estimate of drug-likeness (QED) is 0.0428. The molecule has 2 aliphatic heterocycles. The maximum Gasteiger partial charge on any atom is 0.340 e. The van der Waals surface area contributed by atoms with Crippen molar-refractivity contribution in [1.82, 2.24) is 19.7 Å². The Balaban J connectivity index is 1.25. The van der Waals surface area contributed by atoms with Crippen LogP contribution in [0.3, 0.4) is 0 Å². The molecule has 276 valence electrons. The average molecular weight is 778 g/mol. The van der Waals surface area contributed by atoms with Crippen molar-refractivity contribution in [2.75, 3.05) is 89.1 Å². The van der Waals surface area contributed by atoms with Gasteiger partial charge in [-0.3, -0.25) is 9.13 Å². The Morgan fingerprint density at radius 1 is 0.980 bits per heavy atom. The summed E-state index contributed by atoms with van der Waals surface area (Å²) in [5.74, 6) is 0.990. The molecule has 2 saturated heterocycles. The zero-order chi connectivity index (χ0) is 35.8. The molecule has 0 radical (unpaired) electrons. The Kier molecular flexibility index (Phi) is 14.3. The predicted molar refractivity (Wildman–Crippen MR) is 171 cm³/mol. The molecular formula is C25H38ClN5O15P2S. The van der Waals surface area contributed by atoms with Gasteiger partial charge in [-0.2, -0.15) is 15.1 Å². The fourth-order valence-corrected chi connectivity index (χ4v) is 9.04. The predicted octanol–water partition coefficient (Wildman–Crippen LogP) is -1.26. The number of halogens is 1. The summed E-state index contributed by atoms with van der Waals surface area (Å²) >= 11 is 6.18. The molecule has 4 rings (SSSR count). The summed E-state index contributed by atoms with van der Waals surface area (Å²) < 4.78 is 81.5. The second-order valence-corrected chi connectivity index (χ2v) is 17.6. The smallest absolute Gasteiger partial charge is 0.340 e. The molecule has 0 aliphatic carbocycles. The first-order valence-electron chi connectivity index (χ1n) is 14.8. The molecule has 2 aliphatic rings. The fraction of sp³-hybridized carbons (Fsp3) is 0.720. The van der Waals surface area contributed by atoms with Gasteiger partial charge in [0, 0.05) is 13.1 Å². The van der Waals surface area contributed by atoms with E-state index in [0.29, 0.717) is 31.8 Å². The number of terminal acetylenes is 1. The summed E-state index contributed by atoms with van der Waals surface area (Å²) in [5, 5.41) is 24.7. The van der Waals surface area contributed by atoms with Crippen molar-refractivity contribution in [2.24, 2.45) is 0 Å². The van der Waals surface area contributed by atoms with Crippen LogP contribution in [0.25, 0.3) is 11.0 Å². The second-order valence-electron chi connectivity index (χ2n) is 10.9. The van der Waals surface area contributed by atoms with E-state index in [9.17, 15) is 32.7 Å². The lowest BCUT2D eigenvalue weighted by molar-refractivity contribution is -0.0541. The Labute approximate surface area is 286 Å². The molecule has 5 atom stereocenters. The van der Waals surface area contributed by atoms with E-state index in [0.717, 1.165) is 4.68 Å². The number of fused-ring (bicyclic) bond motifs is 1. The molecule has 4 heterocycles. The molecule has 0 bridgehead atoms. The standard InChI is InChI=1S/C25H38ClN5O15P2S/c1-2-3-41-4-5-42-6-7-43-8-9-44-10-11-49(39,40)17-13-30(14-17)22-18-12-27-31(23(18)29-25(26)28-22)24-21(33)20(32)19(46-24)15-45-48(37,38)16-47(34,35)36/h1,12,17,19-21,24,32-33H,3-11,13-16H2,(H,37,38)(H2,34,35,36)/t19-,20-,21-,24-/m1/s1. The Morgan fingerprint density at radius 2 is 1.59 bits per heavy atom. The molecule has 2 aromatic rings. The second kappa shape index (κ2) is 17.6. The summed E-state index contributed by atoms with van der Waals surface area (Å²) in [6, 6.07) is 0. The van der Waals surface area contributed by atoms with Crippen molar-refractivity contribution in [1.29, 1.82) is 0 Å². The lowest BCUT2D eigenvalue weighted by Gasteiger charge is -2.39. The van der Waals surface area contributed by atoms with Crippen LogP contribution in [-0.4, -0.2) is 161 Å². The van der Waals surface area contributed by atoms with Gasteiger partial charge in [0.05, 0.1) is 75.4 Å². The number of nitrogens with zero attached hydrogens (tertiary/aromatic N) is 5. The van der Waals surface area contributed by atoms with E-state index in [1.54, 1.807) is 4.90 Å². The summed E-state index contributed by atoms with van der Waals surface area (Å²) in [6.07, 6.45) is 0.363. The molecule has 0 saturated carbocycles. The first kappa shape index (κ1) is 39.9. The molecular weight excluding hydrogens is 740 g/mol.